The molecule has 0 amide bonds. The van der Waals surface area contributed by atoms with Crippen LogP contribution in [0, 0.1) is 5.82 Å². The topological polar surface area (TPSA) is 34.1 Å². The summed E-state index contributed by atoms with van der Waals surface area (Å²) in [6.07, 6.45) is 3.48. The molecular weight excluding hydrogens is 171 g/mol. The molecule has 66 valence electrons. The number of rotatable bonds is 3. The summed E-state index contributed by atoms with van der Waals surface area (Å²) in [6, 6.07) is 4.42. The van der Waals surface area contributed by atoms with Crippen molar-refractivity contribution >= 4 is 18.6 Å². The first-order valence-corrected chi connectivity index (χ1v) is 3.65. The number of benzene rings is 1. The molecule has 0 aliphatic rings. The second kappa shape index (κ2) is 4.30. The van der Waals surface area contributed by atoms with E-state index in [4.69, 9.17) is 0 Å². The summed E-state index contributed by atoms with van der Waals surface area (Å²) in [5.41, 5.74) is 0.227. The Labute approximate surface area is 74.7 Å². The molecule has 0 fully saturated rings. The monoisotopic (exact) mass is 178 g/mol. The minimum Gasteiger partial charge on any atom is -0.299 e. The van der Waals surface area contributed by atoms with Gasteiger partial charge in [-0.2, -0.15) is 0 Å². The van der Waals surface area contributed by atoms with Gasteiger partial charge in [0.15, 0.2) is 6.29 Å². The summed E-state index contributed by atoms with van der Waals surface area (Å²) >= 11 is 0. The van der Waals surface area contributed by atoms with Gasteiger partial charge in [0, 0.05) is 5.56 Å². The van der Waals surface area contributed by atoms with Crippen LogP contribution in [0.5, 0.6) is 0 Å². The van der Waals surface area contributed by atoms with Crippen molar-refractivity contribution < 1.29 is 14.0 Å². The van der Waals surface area contributed by atoms with Crippen molar-refractivity contribution in [1.82, 2.24) is 0 Å². The highest BCUT2D eigenvalue weighted by atomic mass is 19.1. The summed E-state index contributed by atoms with van der Waals surface area (Å²) in [7, 11) is 0. The molecule has 0 heterocycles. The van der Waals surface area contributed by atoms with Crippen LogP contribution >= 0.6 is 0 Å². The molecule has 0 radical (unpaired) electrons. The lowest BCUT2D eigenvalue weighted by molar-refractivity contribution is -0.104. The summed E-state index contributed by atoms with van der Waals surface area (Å²) < 4.78 is 13.2. The Morgan fingerprint density at radius 1 is 1.15 bits per heavy atom. The van der Waals surface area contributed by atoms with E-state index in [0.717, 1.165) is 0 Å². The Hall–Kier alpha value is -1.77. The Morgan fingerprint density at radius 2 is 1.85 bits per heavy atom. The largest absolute Gasteiger partial charge is 0.299 e. The van der Waals surface area contributed by atoms with Gasteiger partial charge in [-0.1, -0.05) is 12.1 Å². The van der Waals surface area contributed by atoms with E-state index in [1.807, 2.05) is 0 Å². The second-order valence-electron chi connectivity index (χ2n) is 2.36. The summed E-state index contributed by atoms with van der Waals surface area (Å²) in [5, 5.41) is 0. The predicted octanol–water partition coefficient (Wildman–Crippen LogP) is 1.85. The van der Waals surface area contributed by atoms with E-state index in [1.165, 1.54) is 24.3 Å². The molecule has 0 spiro atoms. The van der Waals surface area contributed by atoms with Gasteiger partial charge in [0.25, 0.3) is 0 Å². The second-order valence-corrected chi connectivity index (χ2v) is 2.36. The highest BCUT2D eigenvalue weighted by molar-refractivity contribution is 5.79. The van der Waals surface area contributed by atoms with Crippen LogP contribution in [0.25, 0.3) is 6.08 Å². The summed E-state index contributed by atoms with van der Waals surface area (Å²) in [6.45, 7) is 0. The van der Waals surface area contributed by atoms with Gasteiger partial charge in [0.2, 0.25) is 0 Å². The van der Waals surface area contributed by atoms with Gasteiger partial charge in [-0.3, -0.25) is 9.59 Å². The number of carbonyl (C=O) groups excluding carboxylic acids is 2. The molecule has 0 aliphatic heterocycles. The standard InChI is InChI=1S/C10H7FO2/c11-10-8(5-2-6-12)3-1-4-9(10)7-13/h1-7H. The lowest BCUT2D eigenvalue weighted by Crippen LogP contribution is -1.90. The molecule has 0 bridgehead atoms. The number of halogens is 1. The molecule has 0 N–H and O–H groups in total. The fraction of sp³-hybridized carbons (Fsp3) is 0. The predicted molar refractivity (Wildman–Crippen MR) is 46.9 cm³/mol. The third-order valence-electron chi connectivity index (χ3n) is 1.54. The molecule has 0 aliphatic carbocycles. The number of hydrogen-bond acceptors (Lipinski definition) is 2. The van der Waals surface area contributed by atoms with Crippen LogP contribution < -0.4 is 0 Å². The highest BCUT2D eigenvalue weighted by Crippen LogP contribution is 2.12. The SMILES string of the molecule is O=CC=Cc1cccc(C=O)c1F. The molecule has 1 aromatic rings. The molecule has 0 aromatic heterocycles. The maximum atomic E-state index is 13.2. The van der Waals surface area contributed by atoms with Crippen LogP contribution in [-0.4, -0.2) is 12.6 Å². The van der Waals surface area contributed by atoms with Crippen LogP contribution in [0.4, 0.5) is 4.39 Å². The molecule has 0 saturated heterocycles. The van der Waals surface area contributed by atoms with Crippen molar-refractivity contribution in [3.05, 3.63) is 41.2 Å². The fourth-order valence-corrected chi connectivity index (χ4v) is 0.931. The van der Waals surface area contributed by atoms with E-state index in [-0.39, 0.29) is 11.1 Å². The Bertz CT molecular complexity index is 356. The van der Waals surface area contributed by atoms with Crippen molar-refractivity contribution in [2.45, 2.75) is 0 Å². The molecule has 0 saturated carbocycles. The Balaban J connectivity index is 3.14. The van der Waals surface area contributed by atoms with Gasteiger partial charge < -0.3 is 0 Å². The number of carbonyl (C=O) groups is 2. The first-order chi connectivity index (χ1) is 6.29. The van der Waals surface area contributed by atoms with Crippen molar-refractivity contribution in [3.63, 3.8) is 0 Å². The minimum absolute atomic E-state index is 0.00644. The zero-order valence-electron chi connectivity index (χ0n) is 6.74. The third kappa shape index (κ3) is 2.08. The maximum Gasteiger partial charge on any atom is 0.153 e. The van der Waals surface area contributed by atoms with Gasteiger partial charge in [-0.15, -0.1) is 0 Å². The maximum absolute atomic E-state index is 13.2. The Kier molecular flexibility index (Phi) is 3.09. The van der Waals surface area contributed by atoms with Gasteiger partial charge in [0.05, 0.1) is 5.56 Å². The van der Waals surface area contributed by atoms with Crippen LogP contribution in [0.3, 0.4) is 0 Å². The van der Waals surface area contributed by atoms with Gasteiger partial charge >= 0.3 is 0 Å². The average molecular weight is 178 g/mol. The normalized spacial score (nSPS) is 10.2. The van der Waals surface area contributed by atoms with Crippen LogP contribution in [0.1, 0.15) is 15.9 Å². The minimum atomic E-state index is -0.601. The van der Waals surface area contributed by atoms with Gasteiger partial charge in [0.1, 0.15) is 12.1 Å². The van der Waals surface area contributed by atoms with Gasteiger partial charge in [-0.25, -0.2) is 4.39 Å². The van der Waals surface area contributed by atoms with Gasteiger partial charge in [-0.05, 0) is 18.2 Å². The molecule has 0 unspecified atom stereocenters. The lowest BCUT2D eigenvalue weighted by atomic mass is 10.1. The molecule has 2 nitrogen and oxygen atoms in total. The first kappa shape index (κ1) is 9.32. The quantitative estimate of drug-likeness (QED) is 0.522. The van der Waals surface area contributed by atoms with Crippen LogP contribution in [-0.2, 0) is 4.79 Å². The fourth-order valence-electron chi connectivity index (χ4n) is 0.931. The van der Waals surface area contributed by atoms with Crippen LogP contribution in [0.15, 0.2) is 24.3 Å². The van der Waals surface area contributed by atoms with Crippen molar-refractivity contribution in [1.29, 1.82) is 0 Å². The van der Waals surface area contributed by atoms with E-state index < -0.39 is 5.82 Å². The first-order valence-electron chi connectivity index (χ1n) is 3.65. The summed E-state index contributed by atoms with van der Waals surface area (Å²) in [4.78, 5) is 20.3. The zero-order valence-corrected chi connectivity index (χ0v) is 6.74. The average Bonchev–Trinajstić information content (AvgIpc) is 2.16. The molecule has 0 atom stereocenters. The molecule has 13 heavy (non-hydrogen) atoms. The van der Waals surface area contributed by atoms with Crippen molar-refractivity contribution in [2.24, 2.45) is 0 Å². The van der Waals surface area contributed by atoms with E-state index in [9.17, 15) is 14.0 Å². The number of allylic oxidation sites excluding steroid dienone is 1. The lowest BCUT2D eigenvalue weighted by Gasteiger charge is -1.97. The van der Waals surface area contributed by atoms with E-state index >= 15 is 0 Å². The van der Waals surface area contributed by atoms with Crippen molar-refractivity contribution in [2.75, 3.05) is 0 Å². The third-order valence-corrected chi connectivity index (χ3v) is 1.54. The van der Waals surface area contributed by atoms with Crippen LogP contribution in [0.2, 0.25) is 0 Å². The molecule has 1 aromatic carbocycles. The molecule has 3 heteroatoms. The number of aldehydes is 2. The highest BCUT2D eigenvalue weighted by Gasteiger charge is 2.03. The molecule has 1 rings (SSSR count). The van der Waals surface area contributed by atoms with E-state index in [1.54, 1.807) is 6.07 Å². The smallest absolute Gasteiger partial charge is 0.153 e. The van der Waals surface area contributed by atoms with E-state index in [2.05, 4.69) is 0 Å². The Morgan fingerprint density at radius 3 is 2.46 bits per heavy atom. The summed E-state index contributed by atoms with van der Waals surface area (Å²) in [5.74, 6) is -0.601. The zero-order chi connectivity index (χ0) is 9.68. The molecular formula is C10H7FO2. The van der Waals surface area contributed by atoms with E-state index in [0.29, 0.717) is 12.6 Å². The van der Waals surface area contributed by atoms with Crippen molar-refractivity contribution in [3.8, 4) is 0 Å². The number of hydrogen-bond donors (Lipinski definition) is 0.